The van der Waals surface area contributed by atoms with E-state index in [0.29, 0.717) is 37.4 Å². The van der Waals surface area contributed by atoms with Gasteiger partial charge in [-0.05, 0) is 18.2 Å². The molecular formula is C14H18BrN3O3. The van der Waals surface area contributed by atoms with E-state index in [0.717, 1.165) is 4.47 Å². The highest BCUT2D eigenvalue weighted by molar-refractivity contribution is 9.10. The zero-order chi connectivity index (χ0) is 15.4. The molecule has 1 saturated heterocycles. The van der Waals surface area contributed by atoms with Gasteiger partial charge in [0.05, 0.1) is 19.2 Å². The van der Waals surface area contributed by atoms with Gasteiger partial charge >= 0.3 is 5.97 Å². The van der Waals surface area contributed by atoms with E-state index in [1.165, 1.54) is 7.11 Å². The number of hydrogen-bond acceptors (Lipinski definition) is 5. The first-order chi connectivity index (χ1) is 10.0. The monoisotopic (exact) mass is 355 g/mol. The van der Waals surface area contributed by atoms with Gasteiger partial charge in [0.25, 0.3) is 5.91 Å². The number of hydrogen-bond donors (Lipinski definition) is 1. The molecule has 1 aromatic rings. The molecule has 0 saturated carbocycles. The fourth-order valence-electron chi connectivity index (χ4n) is 2.25. The van der Waals surface area contributed by atoms with Crippen LogP contribution >= 0.6 is 15.9 Å². The van der Waals surface area contributed by atoms with Gasteiger partial charge in [-0.3, -0.25) is 14.5 Å². The maximum absolute atomic E-state index is 12.4. The van der Waals surface area contributed by atoms with E-state index in [9.17, 15) is 9.59 Å². The minimum atomic E-state index is -0.257. The lowest BCUT2D eigenvalue weighted by Crippen LogP contribution is -2.50. The molecule has 2 rings (SSSR count). The van der Waals surface area contributed by atoms with Gasteiger partial charge in [-0.25, -0.2) is 0 Å². The Hall–Kier alpha value is -1.60. The van der Waals surface area contributed by atoms with Gasteiger partial charge in [-0.2, -0.15) is 0 Å². The summed E-state index contributed by atoms with van der Waals surface area (Å²) in [7, 11) is 1.37. The minimum Gasteiger partial charge on any atom is -0.468 e. The third kappa shape index (κ3) is 3.95. The first kappa shape index (κ1) is 15.8. The number of methoxy groups -OCH3 is 1. The second-order valence-corrected chi connectivity index (χ2v) is 5.79. The maximum atomic E-state index is 12.4. The SMILES string of the molecule is COC(=O)CN1CCN(C(=O)c2ccc(Br)cc2N)CC1. The van der Waals surface area contributed by atoms with Gasteiger partial charge in [-0.1, -0.05) is 15.9 Å². The summed E-state index contributed by atoms with van der Waals surface area (Å²) in [5.41, 5.74) is 6.87. The Kier molecular flexibility index (Phi) is 5.19. The Morgan fingerprint density at radius 1 is 1.29 bits per heavy atom. The van der Waals surface area contributed by atoms with Crippen molar-refractivity contribution >= 4 is 33.5 Å². The summed E-state index contributed by atoms with van der Waals surface area (Å²) in [6.07, 6.45) is 0. The average Bonchev–Trinajstić information content (AvgIpc) is 2.47. The highest BCUT2D eigenvalue weighted by Gasteiger charge is 2.24. The predicted octanol–water partition coefficient (Wildman–Crippen LogP) is 0.962. The van der Waals surface area contributed by atoms with Crippen molar-refractivity contribution in [2.75, 3.05) is 45.6 Å². The molecular weight excluding hydrogens is 338 g/mol. The zero-order valence-electron chi connectivity index (χ0n) is 11.8. The highest BCUT2D eigenvalue weighted by atomic mass is 79.9. The van der Waals surface area contributed by atoms with Crippen LogP contribution in [0.3, 0.4) is 0 Å². The molecule has 1 heterocycles. The van der Waals surface area contributed by atoms with Crippen molar-refractivity contribution in [3.63, 3.8) is 0 Å². The molecule has 0 aliphatic carbocycles. The number of benzene rings is 1. The molecule has 7 heteroatoms. The summed E-state index contributed by atoms with van der Waals surface area (Å²) in [5.74, 6) is -0.329. The van der Waals surface area contributed by atoms with Crippen LogP contribution in [0.1, 0.15) is 10.4 Å². The van der Waals surface area contributed by atoms with Gasteiger partial charge in [-0.15, -0.1) is 0 Å². The van der Waals surface area contributed by atoms with Crippen LogP contribution in [-0.2, 0) is 9.53 Å². The lowest BCUT2D eigenvalue weighted by atomic mass is 10.1. The van der Waals surface area contributed by atoms with Gasteiger partial charge < -0.3 is 15.4 Å². The van der Waals surface area contributed by atoms with Crippen molar-refractivity contribution in [3.05, 3.63) is 28.2 Å². The fourth-order valence-corrected chi connectivity index (χ4v) is 2.63. The van der Waals surface area contributed by atoms with Crippen molar-refractivity contribution < 1.29 is 14.3 Å². The maximum Gasteiger partial charge on any atom is 0.319 e. The van der Waals surface area contributed by atoms with E-state index in [2.05, 4.69) is 20.7 Å². The summed E-state index contributed by atoms with van der Waals surface area (Å²) < 4.78 is 5.49. The normalized spacial score (nSPS) is 15.8. The predicted molar refractivity (Wildman–Crippen MR) is 82.9 cm³/mol. The van der Waals surface area contributed by atoms with Gasteiger partial charge in [0.2, 0.25) is 0 Å². The summed E-state index contributed by atoms with van der Waals surface area (Å²) in [6, 6.07) is 5.25. The second-order valence-electron chi connectivity index (χ2n) is 4.88. The number of anilines is 1. The summed E-state index contributed by atoms with van der Waals surface area (Å²) >= 11 is 3.32. The van der Waals surface area contributed by atoms with E-state index in [1.54, 1.807) is 23.1 Å². The van der Waals surface area contributed by atoms with Gasteiger partial charge in [0.1, 0.15) is 0 Å². The zero-order valence-corrected chi connectivity index (χ0v) is 13.4. The van der Waals surface area contributed by atoms with Crippen molar-refractivity contribution in [1.82, 2.24) is 9.80 Å². The van der Waals surface area contributed by atoms with Gasteiger partial charge in [0.15, 0.2) is 0 Å². The molecule has 6 nitrogen and oxygen atoms in total. The molecule has 114 valence electrons. The van der Waals surface area contributed by atoms with E-state index >= 15 is 0 Å². The number of nitrogen functional groups attached to an aromatic ring is 1. The molecule has 0 bridgehead atoms. The quantitative estimate of drug-likeness (QED) is 0.645. The lowest BCUT2D eigenvalue weighted by molar-refractivity contribution is -0.142. The number of halogens is 1. The highest BCUT2D eigenvalue weighted by Crippen LogP contribution is 2.20. The molecule has 0 atom stereocenters. The Balaban J connectivity index is 1.95. The minimum absolute atomic E-state index is 0.0716. The molecule has 2 N–H and O–H groups in total. The number of nitrogens with zero attached hydrogens (tertiary/aromatic N) is 2. The van der Waals surface area contributed by atoms with E-state index in [4.69, 9.17) is 5.73 Å². The van der Waals surface area contributed by atoms with Crippen molar-refractivity contribution in [1.29, 1.82) is 0 Å². The molecule has 0 aromatic heterocycles. The van der Waals surface area contributed by atoms with Crippen LogP contribution in [0, 0.1) is 0 Å². The Labute approximate surface area is 132 Å². The summed E-state index contributed by atoms with van der Waals surface area (Å²) in [6.45, 7) is 2.71. The second kappa shape index (κ2) is 6.91. The summed E-state index contributed by atoms with van der Waals surface area (Å²) in [4.78, 5) is 27.4. The number of amides is 1. The molecule has 1 aromatic carbocycles. The lowest BCUT2D eigenvalue weighted by Gasteiger charge is -2.34. The molecule has 1 fully saturated rings. The number of piperazine rings is 1. The van der Waals surface area contributed by atoms with Crippen molar-refractivity contribution in [2.45, 2.75) is 0 Å². The number of esters is 1. The fraction of sp³-hybridized carbons (Fsp3) is 0.429. The first-order valence-electron chi connectivity index (χ1n) is 6.64. The number of rotatable bonds is 3. The van der Waals surface area contributed by atoms with Crippen LogP contribution < -0.4 is 5.73 Å². The van der Waals surface area contributed by atoms with Gasteiger partial charge in [0, 0.05) is 36.3 Å². The van der Waals surface area contributed by atoms with Crippen LogP contribution in [0.25, 0.3) is 0 Å². The molecule has 0 spiro atoms. The third-order valence-electron chi connectivity index (χ3n) is 3.48. The first-order valence-corrected chi connectivity index (χ1v) is 7.44. The van der Waals surface area contributed by atoms with Crippen molar-refractivity contribution in [2.24, 2.45) is 0 Å². The molecule has 0 radical (unpaired) electrons. The number of nitrogens with two attached hydrogens (primary N) is 1. The molecule has 1 aliphatic rings. The van der Waals surface area contributed by atoms with Crippen LogP contribution in [0.2, 0.25) is 0 Å². The topological polar surface area (TPSA) is 75.9 Å². The third-order valence-corrected chi connectivity index (χ3v) is 3.98. The largest absolute Gasteiger partial charge is 0.468 e. The molecule has 1 amide bonds. The van der Waals surface area contributed by atoms with Crippen molar-refractivity contribution in [3.8, 4) is 0 Å². The van der Waals surface area contributed by atoms with E-state index in [1.807, 2.05) is 4.90 Å². The Morgan fingerprint density at radius 3 is 2.52 bits per heavy atom. The Morgan fingerprint density at radius 2 is 1.95 bits per heavy atom. The standard InChI is InChI=1S/C14H18BrN3O3/c1-21-13(19)9-17-4-6-18(7-5-17)14(20)11-3-2-10(15)8-12(11)16/h2-3,8H,4-7,9,16H2,1H3. The molecule has 1 aliphatic heterocycles. The number of carbonyl (C=O) groups excluding carboxylic acids is 2. The smallest absolute Gasteiger partial charge is 0.319 e. The van der Waals surface area contributed by atoms with Crippen LogP contribution in [-0.4, -0.2) is 61.5 Å². The van der Waals surface area contributed by atoms with Crippen LogP contribution in [0.5, 0.6) is 0 Å². The number of ether oxygens (including phenoxy) is 1. The van der Waals surface area contributed by atoms with E-state index < -0.39 is 0 Å². The Bertz CT molecular complexity index is 542. The molecule has 0 unspecified atom stereocenters. The van der Waals surface area contributed by atoms with E-state index in [-0.39, 0.29) is 18.4 Å². The molecule has 21 heavy (non-hydrogen) atoms. The van der Waals surface area contributed by atoms with Crippen LogP contribution in [0.4, 0.5) is 5.69 Å². The van der Waals surface area contributed by atoms with Crippen LogP contribution in [0.15, 0.2) is 22.7 Å². The average molecular weight is 356 g/mol. The summed E-state index contributed by atoms with van der Waals surface area (Å²) in [5, 5.41) is 0. The number of carbonyl (C=O) groups is 2.